The number of nitrogens with zero attached hydrogens (tertiary/aromatic N) is 4. The third-order valence-electron chi connectivity index (χ3n) is 7.53. The van der Waals surface area contributed by atoms with Crippen LogP contribution < -0.4 is 16.4 Å². The zero-order valence-corrected chi connectivity index (χ0v) is 23.4. The molecule has 5 rings (SSSR count). The molecule has 9 nitrogen and oxygen atoms in total. The number of ether oxygens (including phenoxy) is 1. The van der Waals surface area contributed by atoms with Crippen LogP contribution in [0.5, 0.6) is 0 Å². The molecule has 4 N–H and O–H groups in total. The van der Waals surface area contributed by atoms with Crippen molar-refractivity contribution >= 4 is 35.0 Å². The van der Waals surface area contributed by atoms with Crippen LogP contribution in [-0.4, -0.2) is 57.0 Å². The van der Waals surface area contributed by atoms with Gasteiger partial charge < -0.3 is 21.1 Å². The number of nitrogens with one attached hydrogen (secondary N) is 2. The number of carbonyl (C=O) groups is 1. The van der Waals surface area contributed by atoms with Crippen molar-refractivity contribution in [3.8, 4) is 11.3 Å². The molecule has 1 aliphatic carbocycles. The summed E-state index contributed by atoms with van der Waals surface area (Å²) >= 11 is 12.6. The van der Waals surface area contributed by atoms with Crippen molar-refractivity contribution in [2.75, 3.05) is 18.8 Å². The Morgan fingerprint density at radius 2 is 1.95 bits per heavy atom. The van der Waals surface area contributed by atoms with Gasteiger partial charge in [0.15, 0.2) is 0 Å². The van der Waals surface area contributed by atoms with Crippen molar-refractivity contribution in [2.24, 2.45) is 0 Å². The standard InChI is InChI=1S/C28H35Cl2N7O2/c29-22-6-3-7-23(30)21(22)8-9-24-27(31)34-16-26(36-24)18-15-35-37(17-18)13-12-32-19-10-11-33-25(14-19)28(38)39-20-4-1-2-5-20/h3,6-7,15-17,19-20,25,32-33H,1-2,4-5,8-14H2,(H2,31,34)/t19?,25-/m1/s1. The summed E-state index contributed by atoms with van der Waals surface area (Å²) in [6, 6.07) is 5.51. The second kappa shape index (κ2) is 13.1. The number of esters is 1. The summed E-state index contributed by atoms with van der Waals surface area (Å²) in [5.41, 5.74) is 9.27. The number of piperidine rings is 1. The van der Waals surface area contributed by atoms with Crippen LogP contribution in [-0.2, 0) is 28.9 Å². The number of benzene rings is 1. The first-order chi connectivity index (χ1) is 19.0. The molecule has 1 aromatic carbocycles. The largest absolute Gasteiger partial charge is 0.461 e. The highest BCUT2D eigenvalue weighted by Gasteiger charge is 2.30. The minimum absolute atomic E-state index is 0.101. The zero-order valence-electron chi connectivity index (χ0n) is 21.9. The lowest BCUT2D eigenvalue weighted by atomic mass is 9.99. The van der Waals surface area contributed by atoms with E-state index in [1.807, 2.05) is 29.1 Å². The van der Waals surface area contributed by atoms with Gasteiger partial charge in [0.25, 0.3) is 0 Å². The van der Waals surface area contributed by atoms with E-state index < -0.39 is 0 Å². The normalized spacial score (nSPS) is 19.8. The first kappa shape index (κ1) is 27.8. The SMILES string of the molecule is Nc1ncc(-c2cnn(CCNC3CCN[C@@H](C(=O)OC4CCCC4)C3)c2)nc1CCc1c(Cl)cccc1Cl. The highest BCUT2D eigenvalue weighted by molar-refractivity contribution is 6.36. The van der Waals surface area contributed by atoms with Gasteiger partial charge in [-0.1, -0.05) is 29.3 Å². The molecule has 2 aliphatic rings. The highest BCUT2D eigenvalue weighted by Crippen LogP contribution is 2.27. The third-order valence-corrected chi connectivity index (χ3v) is 8.23. The smallest absolute Gasteiger partial charge is 0.323 e. The summed E-state index contributed by atoms with van der Waals surface area (Å²) in [6.07, 6.45) is 12.7. The van der Waals surface area contributed by atoms with Gasteiger partial charge >= 0.3 is 5.97 Å². The van der Waals surface area contributed by atoms with Gasteiger partial charge in [-0.15, -0.1) is 0 Å². The van der Waals surface area contributed by atoms with Gasteiger partial charge in [-0.2, -0.15) is 5.10 Å². The molecule has 1 unspecified atom stereocenters. The predicted octanol–water partition coefficient (Wildman–Crippen LogP) is 4.21. The molecule has 2 aromatic heterocycles. The molecule has 11 heteroatoms. The van der Waals surface area contributed by atoms with E-state index in [2.05, 4.69) is 20.7 Å². The van der Waals surface area contributed by atoms with Crippen molar-refractivity contribution in [3.63, 3.8) is 0 Å². The van der Waals surface area contributed by atoms with Crippen LogP contribution in [0.2, 0.25) is 10.0 Å². The lowest BCUT2D eigenvalue weighted by Crippen LogP contribution is -2.51. The third kappa shape index (κ3) is 7.28. The van der Waals surface area contributed by atoms with E-state index in [1.165, 1.54) is 0 Å². The Bertz CT molecular complexity index is 1260. The van der Waals surface area contributed by atoms with Crippen molar-refractivity contribution in [1.29, 1.82) is 0 Å². The second-order valence-electron chi connectivity index (χ2n) is 10.3. The van der Waals surface area contributed by atoms with Crippen molar-refractivity contribution in [3.05, 3.63) is 58.1 Å². The molecule has 39 heavy (non-hydrogen) atoms. The fraction of sp³-hybridized carbons (Fsp3) is 0.500. The number of aryl methyl sites for hydroxylation is 1. The monoisotopic (exact) mass is 571 g/mol. The summed E-state index contributed by atoms with van der Waals surface area (Å²) in [5, 5.41) is 12.7. The number of hydrogen-bond donors (Lipinski definition) is 3. The number of nitrogens with two attached hydrogens (primary N) is 1. The van der Waals surface area contributed by atoms with E-state index in [4.69, 9.17) is 38.7 Å². The fourth-order valence-corrected chi connectivity index (χ4v) is 5.90. The second-order valence-corrected chi connectivity index (χ2v) is 11.1. The summed E-state index contributed by atoms with van der Waals surface area (Å²) in [5.74, 6) is 0.287. The van der Waals surface area contributed by atoms with Gasteiger partial charge in [-0.05, 0) is 75.6 Å². The van der Waals surface area contributed by atoms with Crippen molar-refractivity contribution in [1.82, 2.24) is 30.4 Å². The molecular weight excluding hydrogens is 537 g/mol. The van der Waals surface area contributed by atoms with Gasteiger partial charge in [0.2, 0.25) is 0 Å². The van der Waals surface area contributed by atoms with Crippen molar-refractivity contribution in [2.45, 2.75) is 76.1 Å². The van der Waals surface area contributed by atoms with E-state index in [1.54, 1.807) is 12.4 Å². The maximum Gasteiger partial charge on any atom is 0.323 e. The number of halogens is 2. The van der Waals surface area contributed by atoms with E-state index in [0.29, 0.717) is 46.6 Å². The molecule has 0 bridgehead atoms. The summed E-state index contributed by atoms with van der Waals surface area (Å²) < 4.78 is 7.59. The molecule has 1 saturated carbocycles. The van der Waals surface area contributed by atoms with E-state index >= 15 is 0 Å². The molecule has 3 heterocycles. The number of carbonyl (C=O) groups excluding carboxylic acids is 1. The van der Waals surface area contributed by atoms with Gasteiger partial charge in [0.05, 0.1) is 30.3 Å². The fourth-order valence-electron chi connectivity index (χ4n) is 5.31. The molecule has 1 aliphatic heterocycles. The van der Waals surface area contributed by atoms with E-state index in [0.717, 1.165) is 62.7 Å². The van der Waals surface area contributed by atoms with Crippen LogP contribution in [0.15, 0.2) is 36.8 Å². The predicted molar refractivity (Wildman–Crippen MR) is 153 cm³/mol. The molecule has 1 saturated heterocycles. The number of hydrogen-bond acceptors (Lipinski definition) is 8. The number of nitrogen functional groups attached to an aromatic ring is 1. The zero-order chi connectivity index (χ0) is 27.2. The van der Waals surface area contributed by atoms with Crippen LogP contribution >= 0.6 is 23.2 Å². The Kier molecular flexibility index (Phi) is 9.34. The van der Waals surface area contributed by atoms with Crippen LogP contribution in [0.25, 0.3) is 11.3 Å². The molecule has 208 valence electrons. The number of aromatic nitrogens is 4. The Hall–Kier alpha value is -2.72. The summed E-state index contributed by atoms with van der Waals surface area (Å²) in [6.45, 7) is 2.24. The molecule has 2 atom stereocenters. The molecular formula is C28H35Cl2N7O2. The van der Waals surface area contributed by atoms with Gasteiger partial charge in [0.1, 0.15) is 18.0 Å². The minimum Gasteiger partial charge on any atom is -0.461 e. The van der Waals surface area contributed by atoms with E-state index in [-0.39, 0.29) is 24.2 Å². The lowest BCUT2D eigenvalue weighted by Gasteiger charge is -2.30. The highest BCUT2D eigenvalue weighted by atomic mass is 35.5. The quantitative estimate of drug-likeness (QED) is 0.309. The Morgan fingerprint density at radius 1 is 1.15 bits per heavy atom. The molecule has 3 aromatic rings. The average molecular weight is 573 g/mol. The van der Waals surface area contributed by atoms with Crippen LogP contribution in [0, 0.1) is 0 Å². The minimum atomic E-state index is -0.236. The molecule has 0 amide bonds. The molecule has 0 spiro atoms. The van der Waals surface area contributed by atoms with Crippen LogP contribution in [0.1, 0.15) is 49.8 Å². The Labute approximate surface area is 238 Å². The average Bonchev–Trinajstić information content (AvgIpc) is 3.62. The van der Waals surface area contributed by atoms with Gasteiger partial charge in [-0.3, -0.25) is 9.48 Å². The Balaban J connectivity index is 1.12. The van der Waals surface area contributed by atoms with Gasteiger partial charge in [0, 0.05) is 34.4 Å². The first-order valence-electron chi connectivity index (χ1n) is 13.7. The van der Waals surface area contributed by atoms with Gasteiger partial charge in [-0.25, -0.2) is 9.97 Å². The van der Waals surface area contributed by atoms with Crippen LogP contribution in [0.3, 0.4) is 0 Å². The number of anilines is 1. The Morgan fingerprint density at radius 3 is 2.74 bits per heavy atom. The summed E-state index contributed by atoms with van der Waals surface area (Å²) in [7, 11) is 0. The maximum absolute atomic E-state index is 12.6. The topological polar surface area (TPSA) is 120 Å². The number of rotatable bonds is 10. The summed E-state index contributed by atoms with van der Waals surface area (Å²) in [4.78, 5) is 21.7. The van der Waals surface area contributed by atoms with Crippen LogP contribution in [0.4, 0.5) is 5.82 Å². The molecule has 2 fully saturated rings. The molecule has 0 radical (unpaired) electrons. The first-order valence-corrected chi connectivity index (χ1v) is 14.5. The lowest BCUT2D eigenvalue weighted by molar-refractivity contribution is -0.152. The maximum atomic E-state index is 12.6. The van der Waals surface area contributed by atoms with E-state index in [9.17, 15) is 4.79 Å². The van der Waals surface area contributed by atoms with Crippen molar-refractivity contribution < 1.29 is 9.53 Å².